The van der Waals surface area contributed by atoms with E-state index in [1.807, 2.05) is 44.2 Å². The predicted octanol–water partition coefficient (Wildman–Crippen LogP) is 3.28. The Hall–Kier alpha value is -1.45. The minimum absolute atomic E-state index is 0.484. The van der Waals surface area contributed by atoms with Gasteiger partial charge >= 0.3 is 0 Å². The van der Waals surface area contributed by atoms with Gasteiger partial charge in [-0.3, -0.25) is 0 Å². The molecule has 1 aromatic carbocycles. The lowest BCUT2D eigenvalue weighted by molar-refractivity contribution is 0.176. The van der Waals surface area contributed by atoms with Gasteiger partial charge in [0.25, 0.3) is 0 Å². The van der Waals surface area contributed by atoms with Gasteiger partial charge in [0.2, 0.25) is 0 Å². The molecule has 2 aromatic rings. The molecule has 0 aliphatic heterocycles. The average Bonchev–Trinajstić information content (AvgIpc) is 2.41. The molecule has 0 aliphatic rings. The fourth-order valence-electron chi connectivity index (χ4n) is 2.08. The third-order valence-corrected chi connectivity index (χ3v) is 3.46. The highest BCUT2D eigenvalue weighted by Gasteiger charge is 2.15. The summed E-state index contributed by atoms with van der Waals surface area (Å²) >= 11 is 6.12. The number of nitrogens with zero attached hydrogens (tertiary/aromatic N) is 2. The van der Waals surface area contributed by atoms with Gasteiger partial charge in [0, 0.05) is 17.0 Å². The van der Waals surface area contributed by atoms with Gasteiger partial charge in [-0.1, -0.05) is 36.7 Å². The van der Waals surface area contributed by atoms with Crippen LogP contribution in [0.25, 0.3) is 0 Å². The monoisotopic (exact) mass is 276 g/mol. The zero-order chi connectivity index (χ0) is 13.8. The molecule has 0 saturated heterocycles. The second-order valence-corrected chi connectivity index (χ2v) is 4.96. The van der Waals surface area contributed by atoms with Crippen molar-refractivity contribution in [2.24, 2.45) is 0 Å². The van der Waals surface area contributed by atoms with Gasteiger partial charge in [-0.05, 0) is 31.0 Å². The van der Waals surface area contributed by atoms with Crippen molar-refractivity contribution < 1.29 is 5.11 Å². The zero-order valence-electron chi connectivity index (χ0n) is 11.1. The third-order valence-electron chi connectivity index (χ3n) is 3.09. The molecule has 2 rings (SSSR count). The highest BCUT2D eigenvalue weighted by molar-refractivity contribution is 6.31. The Morgan fingerprint density at radius 2 is 2.00 bits per heavy atom. The number of aryl methyl sites for hydroxylation is 2. The van der Waals surface area contributed by atoms with Crippen molar-refractivity contribution in [3.8, 4) is 0 Å². The molecule has 19 heavy (non-hydrogen) atoms. The van der Waals surface area contributed by atoms with Crippen LogP contribution in [0.3, 0.4) is 0 Å². The van der Waals surface area contributed by atoms with E-state index in [9.17, 15) is 5.11 Å². The molecule has 0 amide bonds. The third kappa shape index (κ3) is 3.31. The van der Waals surface area contributed by atoms with Gasteiger partial charge < -0.3 is 5.11 Å². The minimum Gasteiger partial charge on any atom is -0.388 e. The van der Waals surface area contributed by atoms with Gasteiger partial charge in [0.15, 0.2) is 0 Å². The summed E-state index contributed by atoms with van der Waals surface area (Å²) in [5, 5.41) is 19.3. The predicted molar refractivity (Wildman–Crippen MR) is 76.3 cm³/mol. The fourth-order valence-corrected chi connectivity index (χ4v) is 2.29. The zero-order valence-corrected chi connectivity index (χ0v) is 11.9. The number of hydrogen-bond donors (Lipinski definition) is 1. The fraction of sp³-hybridized carbons (Fsp3) is 0.333. The van der Waals surface area contributed by atoms with E-state index in [-0.39, 0.29) is 0 Å². The molecule has 1 heterocycles. The van der Waals surface area contributed by atoms with Gasteiger partial charge in [0.1, 0.15) is 0 Å². The van der Waals surface area contributed by atoms with Crippen LogP contribution >= 0.6 is 11.6 Å². The van der Waals surface area contributed by atoms with Crippen LogP contribution in [-0.4, -0.2) is 15.3 Å². The summed E-state index contributed by atoms with van der Waals surface area (Å²) in [6.07, 6.45) is 0.629. The van der Waals surface area contributed by atoms with E-state index in [0.717, 1.165) is 28.9 Å². The Morgan fingerprint density at radius 3 is 2.68 bits per heavy atom. The lowest BCUT2D eigenvalue weighted by Gasteiger charge is -2.15. The van der Waals surface area contributed by atoms with Crippen LogP contribution in [0, 0.1) is 6.92 Å². The van der Waals surface area contributed by atoms with E-state index < -0.39 is 6.10 Å². The molecule has 4 heteroatoms. The standard InChI is InChI=1S/C15H17ClN2O/c1-3-14-12(8-10(2)17-18-14)15(19)9-11-6-4-5-7-13(11)16/h4-8,15,19H,3,9H2,1-2H3. The summed E-state index contributed by atoms with van der Waals surface area (Å²) in [7, 11) is 0. The maximum absolute atomic E-state index is 10.4. The Labute approximate surface area is 118 Å². The molecule has 3 nitrogen and oxygen atoms in total. The van der Waals surface area contributed by atoms with Crippen LogP contribution in [0.1, 0.15) is 35.5 Å². The molecule has 100 valence electrons. The molecule has 1 aromatic heterocycles. The Kier molecular flexibility index (Phi) is 4.51. The molecule has 0 spiro atoms. The molecule has 0 bridgehead atoms. The number of aromatic nitrogens is 2. The minimum atomic E-state index is -0.607. The van der Waals surface area contributed by atoms with Crippen LogP contribution in [0.4, 0.5) is 0 Å². The van der Waals surface area contributed by atoms with E-state index in [1.54, 1.807) is 0 Å². The molecule has 0 aliphatic carbocycles. The normalized spacial score (nSPS) is 12.4. The van der Waals surface area contributed by atoms with Crippen LogP contribution in [0.15, 0.2) is 30.3 Å². The molecular formula is C15H17ClN2O. The van der Waals surface area contributed by atoms with Crippen molar-refractivity contribution in [1.29, 1.82) is 0 Å². The first-order valence-electron chi connectivity index (χ1n) is 6.36. The Bertz CT molecular complexity index is 572. The molecule has 1 N–H and O–H groups in total. The first kappa shape index (κ1) is 14.0. The summed E-state index contributed by atoms with van der Waals surface area (Å²) < 4.78 is 0. The van der Waals surface area contributed by atoms with Crippen LogP contribution < -0.4 is 0 Å². The molecule has 1 unspecified atom stereocenters. The van der Waals surface area contributed by atoms with Crippen molar-refractivity contribution in [3.05, 3.63) is 57.9 Å². The van der Waals surface area contributed by atoms with Gasteiger partial charge in [-0.15, -0.1) is 0 Å². The van der Waals surface area contributed by atoms with E-state index in [2.05, 4.69) is 10.2 Å². The lowest BCUT2D eigenvalue weighted by atomic mass is 9.99. The maximum Gasteiger partial charge on any atom is 0.0849 e. The Balaban J connectivity index is 2.27. The summed E-state index contributed by atoms with van der Waals surface area (Å²) in [4.78, 5) is 0. The van der Waals surface area contributed by atoms with Crippen LogP contribution in [0.2, 0.25) is 5.02 Å². The van der Waals surface area contributed by atoms with E-state index in [1.165, 1.54) is 0 Å². The first-order chi connectivity index (χ1) is 9.11. The average molecular weight is 277 g/mol. The molecule has 0 radical (unpaired) electrons. The van der Waals surface area contributed by atoms with Gasteiger partial charge in [-0.25, -0.2) is 0 Å². The number of aliphatic hydroxyl groups excluding tert-OH is 1. The summed E-state index contributed by atoms with van der Waals surface area (Å²) in [5.74, 6) is 0. The molecule has 1 atom stereocenters. The van der Waals surface area contributed by atoms with Crippen molar-refractivity contribution >= 4 is 11.6 Å². The smallest absolute Gasteiger partial charge is 0.0849 e. The summed E-state index contributed by atoms with van der Waals surface area (Å²) in [5.41, 5.74) is 3.43. The first-order valence-corrected chi connectivity index (χ1v) is 6.74. The van der Waals surface area contributed by atoms with Crippen molar-refractivity contribution in [1.82, 2.24) is 10.2 Å². The maximum atomic E-state index is 10.4. The van der Waals surface area contributed by atoms with E-state index in [0.29, 0.717) is 11.4 Å². The molecule has 0 fully saturated rings. The second-order valence-electron chi connectivity index (χ2n) is 4.55. The topological polar surface area (TPSA) is 46.0 Å². The number of aliphatic hydroxyl groups is 1. The summed E-state index contributed by atoms with van der Waals surface area (Å²) in [6.45, 7) is 3.88. The highest BCUT2D eigenvalue weighted by Crippen LogP contribution is 2.25. The van der Waals surface area contributed by atoms with Crippen LogP contribution in [-0.2, 0) is 12.8 Å². The number of hydrogen-bond acceptors (Lipinski definition) is 3. The Morgan fingerprint density at radius 1 is 1.26 bits per heavy atom. The quantitative estimate of drug-likeness (QED) is 0.932. The number of rotatable bonds is 4. The summed E-state index contributed by atoms with van der Waals surface area (Å²) in [6, 6.07) is 9.46. The van der Waals surface area contributed by atoms with Crippen molar-refractivity contribution in [3.63, 3.8) is 0 Å². The van der Waals surface area contributed by atoms with Crippen molar-refractivity contribution in [2.75, 3.05) is 0 Å². The van der Waals surface area contributed by atoms with E-state index in [4.69, 9.17) is 11.6 Å². The van der Waals surface area contributed by atoms with Gasteiger partial charge in [-0.2, -0.15) is 10.2 Å². The largest absolute Gasteiger partial charge is 0.388 e. The SMILES string of the molecule is CCc1nnc(C)cc1C(O)Cc1ccccc1Cl. The highest BCUT2D eigenvalue weighted by atomic mass is 35.5. The lowest BCUT2D eigenvalue weighted by Crippen LogP contribution is -2.09. The number of halogens is 1. The van der Waals surface area contributed by atoms with Crippen molar-refractivity contribution in [2.45, 2.75) is 32.8 Å². The van der Waals surface area contributed by atoms with Gasteiger partial charge in [0.05, 0.1) is 17.5 Å². The van der Waals surface area contributed by atoms with Crippen LogP contribution in [0.5, 0.6) is 0 Å². The second kappa shape index (κ2) is 6.13. The molecular weight excluding hydrogens is 260 g/mol. The van der Waals surface area contributed by atoms with E-state index >= 15 is 0 Å². The molecule has 0 saturated carbocycles. The number of benzene rings is 1.